The minimum absolute atomic E-state index is 0.0136. The lowest BCUT2D eigenvalue weighted by atomic mass is 9.79. The van der Waals surface area contributed by atoms with E-state index in [1.165, 1.54) is 11.3 Å². The fourth-order valence-electron chi connectivity index (χ4n) is 1.91. The summed E-state index contributed by atoms with van der Waals surface area (Å²) in [6.07, 6.45) is 2.66. The molecule has 1 rings (SSSR count). The van der Waals surface area contributed by atoms with Gasteiger partial charge in [0.25, 0.3) is 0 Å². The molecule has 1 aromatic rings. The molecule has 0 saturated heterocycles. The maximum atomic E-state index is 11.9. The molecular weight excluding hydrogens is 264 g/mol. The lowest BCUT2D eigenvalue weighted by molar-refractivity contribution is -0.152. The number of hydrogen-bond donors (Lipinski definition) is 2. The summed E-state index contributed by atoms with van der Waals surface area (Å²) in [4.78, 5) is 28.4. The molecule has 5 nitrogen and oxygen atoms in total. The van der Waals surface area contributed by atoms with Gasteiger partial charge in [0.1, 0.15) is 5.01 Å². The molecule has 0 bridgehead atoms. The molecule has 0 aliphatic heterocycles. The largest absolute Gasteiger partial charge is 0.481 e. The highest BCUT2D eigenvalue weighted by Gasteiger charge is 2.37. The van der Waals surface area contributed by atoms with Crippen molar-refractivity contribution in [1.82, 2.24) is 10.3 Å². The predicted octanol–water partition coefficient (Wildman–Crippen LogP) is 2.35. The molecule has 106 valence electrons. The third-order valence-electron chi connectivity index (χ3n) is 3.41. The Kier molecular flexibility index (Phi) is 5.47. The van der Waals surface area contributed by atoms with Crippen molar-refractivity contribution in [3.05, 3.63) is 16.1 Å². The van der Waals surface area contributed by atoms with Crippen LogP contribution in [0.4, 0.5) is 0 Å². The number of thiazole rings is 1. The first-order valence-corrected chi connectivity index (χ1v) is 7.16. The second-order valence-electron chi connectivity index (χ2n) is 4.61. The van der Waals surface area contributed by atoms with Gasteiger partial charge in [0, 0.05) is 17.5 Å². The van der Waals surface area contributed by atoms with Gasteiger partial charge in [-0.1, -0.05) is 13.8 Å². The lowest BCUT2D eigenvalue weighted by Crippen LogP contribution is -2.36. The van der Waals surface area contributed by atoms with E-state index < -0.39 is 11.4 Å². The number of carbonyl (C=O) groups excluding carboxylic acids is 1. The Hall–Kier alpha value is -1.43. The molecule has 0 unspecified atom stereocenters. The number of nitrogens with one attached hydrogen (secondary N) is 1. The Morgan fingerprint density at radius 2 is 2.05 bits per heavy atom. The summed E-state index contributed by atoms with van der Waals surface area (Å²) in [5.74, 6) is -1.14. The maximum Gasteiger partial charge on any atom is 0.310 e. The molecule has 1 heterocycles. The third-order valence-corrected chi connectivity index (χ3v) is 4.32. The summed E-state index contributed by atoms with van der Waals surface area (Å²) >= 11 is 1.52. The number of aryl methyl sites for hydroxylation is 1. The Balaban J connectivity index is 2.56. The number of aliphatic carboxylic acids is 1. The number of rotatable bonds is 7. The quantitative estimate of drug-likeness (QED) is 0.805. The van der Waals surface area contributed by atoms with Crippen LogP contribution in [0.25, 0.3) is 0 Å². The van der Waals surface area contributed by atoms with E-state index in [1.807, 2.05) is 6.92 Å². The highest BCUT2D eigenvalue weighted by molar-refractivity contribution is 7.11. The highest BCUT2D eigenvalue weighted by Crippen LogP contribution is 2.30. The summed E-state index contributed by atoms with van der Waals surface area (Å²) in [7, 11) is 0. The fourth-order valence-corrected chi connectivity index (χ4v) is 2.63. The Labute approximate surface area is 117 Å². The number of amides is 1. The standard InChI is InChI=1S/C13H20N2O3S/c1-4-13(5-2,12(17)18)6-10(16)14-8-11-15-7-9(3)19-11/h7H,4-6,8H2,1-3H3,(H,14,16)(H,17,18). The van der Waals surface area contributed by atoms with Crippen molar-refractivity contribution in [2.24, 2.45) is 5.41 Å². The van der Waals surface area contributed by atoms with E-state index in [4.69, 9.17) is 0 Å². The van der Waals surface area contributed by atoms with Gasteiger partial charge in [0.2, 0.25) is 5.91 Å². The van der Waals surface area contributed by atoms with Crippen molar-refractivity contribution in [2.75, 3.05) is 0 Å². The van der Waals surface area contributed by atoms with E-state index >= 15 is 0 Å². The topological polar surface area (TPSA) is 79.3 Å². The zero-order valence-electron chi connectivity index (χ0n) is 11.5. The van der Waals surface area contributed by atoms with Gasteiger partial charge in [0.05, 0.1) is 12.0 Å². The van der Waals surface area contributed by atoms with E-state index in [9.17, 15) is 14.7 Å². The number of carboxylic acid groups (broad SMARTS) is 1. The monoisotopic (exact) mass is 284 g/mol. The molecule has 0 saturated carbocycles. The van der Waals surface area contributed by atoms with E-state index in [2.05, 4.69) is 10.3 Å². The van der Waals surface area contributed by atoms with Crippen molar-refractivity contribution >= 4 is 23.2 Å². The number of nitrogens with zero attached hydrogens (tertiary/aromatic N) is 1. The zero-order chi connectivity index (χ0) is 14.5. The first-order chi connectivity index (χ1) is 8.93. The fraction of sp³-hybridized carbons (Fsp3) is 0.615. The average Bonchev–Trinajstić information content (AvgIpc) is 2.79. The molecule has 0 atom stereocenters. The summed E-state index contributed by atoms with van der Waals surface area (Å²) in [5, 5.41) is 12.8. The van der Waals surface area contributed by atoms with Crippen LogP contribution in [-0.2, 0) is 16.1 Å². The van der Waals surface area contributed by atoms with Crippen LogP contribution < -0.4 is 5.32 Å². The number of carboxylic acids is 1. The van der Waals surface area contributed by atoms with Crippen molar-refractivity contribution in [2.45, 2.75) is 46.6 Å². The van der Waals surface area contributed by atoms with Crippen molar-refractivity contribution in [3.63, 3.8) is 0 Å². The van der Waals surface area contributed by atoms with Gasteiger partial charge < -0.3 is 10.4 Å². The van der Waals surface area contributed by atoms with Crippen LogP contribution in [0, 0.1) is 12.3 Å². The SMILES string of the molecule is CCC(CC)(CC(=O)NCc1ncc(C)s1)C(=O)O. The van der Waals surface area contributed by atoms with E-state index in [1.54, 1.807) is 20.0 Å². The summed E-state index contributed by atoms with van der Waals surface area (Å²) < 4.78 is 0. The van der Waals surface area contributed by atoms with Gasteiger partial charge in [-0.05, 0) is 19.8 Å². The third kappa shape index (κ3) is 4.02. The average molecular weight is 284 g/mol. The molecule has 0 aromatic carbocycles. The van der Waals surface area contributed by atoms with Crippen molar-refractivity contribution in [3.8, 4) is 0 Å². The first kappa shape index (κ1) is 15.6. The van der Waals surface area contributed by atoms with Crippen LogP contribution in [0.5, 0.6) is 0 Å². The molecule has 0 aliphatic rings. The summed E-state index contributed by atoms with van der Waals surface area (Å²) in [6.45, 7) is 5.91. The molecule has 2 N–H and O–H groups in total. The number of aromatic nitrogens is 1. The first-order valence-electron chi connectivity index (χ1n) is 6.35. The molecule has 19 heavy (non-hydrogen) atoms. The molecule has 0 aliphatic carbocycles. The van der Waals surface area contributed by atoms with Crippen LogP contribution in [-0.4, -0.2) is 22.0 Å². The molecule has 1 aromatic heterocycles. The smallest absolute Gasteiger partial charge is 0.310 e. The minimum Gasteiger partial charge on any atom is -0.481 e. The molecule has 6 heteroatoms. The Morgan fingerprint density at radius 3 is 2.47 bits per heavy atom. The minimum atomic E-state index is -0.955. The van der Waals surface area contributed by atoms with Gasteiger partial charge >= 0.3 is 5.97 Å². The molecule has 0 fully saturated rings. The highest BCUT2D eigenvalue weighted by atomic mass is 32.1. The Bertz CT molecular complexity index is 452. The van der Waals surface area contributed by atoms with E-state index in [0.717, 1.165) is 9.88 Å². The van der Waals surface area contributed by atoms with Crippen LogP contribution in [0.1, 0.15) is 43.0 Å². The van der Waals surface area contributed by atoms with Gasteiger partial charge in [-0.15, -0.1) is 11.3 Å². The van der Waals surface area contributed by atoms with Crippen LogP contribution >= 0.6 is 11.3 Å². The van der Waals surface area contributed by atoms with Crippen LogP contribution in [0.2, 0.25) is 0 Å². The normalized spacial score (nSPS) is 11.3. The molecular formula is C13H20N2O3S. The van der Waals surface area contributed by atoms with E-state index in [-0.39, 0.29) is 12.3 Å². The van der Waals surface area contributed by atoms with Crippen molar-refractivity contribution in [1.29, 1.82) is 0 Å². The van der Waals surface area contributed by atoms with Crippen molar-refractivity contribution < 1.29 is 14.7 Å². The predicted molar refractivity (Wildman–Crippen MR) is 74.0 cm³/mol. The molecule has 0 radical (unpaired) electrons. The number of carbonyl (C=O) groups is 2. The van der Waals surface area contributed by atoms with Gasteiger partial charge in [-0.2, -0.15) is 0 Å². The van der Waals surface area contributed by atoms with Gasteiger partial charge in [0.15, 0.2) is 0 Å². The summed E-state index contributed by atoms with van der Waals surface area (Å²) in [6, 6.07) is 0. The second-order valence-corrected chi connectivity index (χ2v) is 5.93. The molecule has 1 amide bonds. The van der Waals surface area contributed by atoms with E-state index in [0.29, 0.717) is 19.4 Å². The maximum absolute atomic E-state index is 11.9. The van der Waals surface area contributed by atoms with Crippen LogP contribution in [0.15, 0.2) is 6.20 Å². The Morgan fingerprint density at radius 1 is 1.42 bits per heavy atom. The second kappa shape index (κ2) is 6.65. The van der Waals surface area contributed by atoms with Crippen LogP contribution in [0.3, 0.4) is 0 Å². The van der Waals surface area contributed by atoms with Gasteiger partial charge in [-0.3, -0.25) is 9.59 Å². The zero-order valence-corrected chi connectivity index (χ0v) is 12.3. The lowest BCUT2D eigenvalue weighted by Gasteiger charge is -2.25. The molecule has 0 spiro atoms. The number of hydrogen-bond acceptors (Lipinski definition) is 4. The van der Waals surface area contributed by atoms with Gasteiger partial charge in [-0.25, -0.2) is 4.98 Å². The summed E-state index contributed by atoms with van der Waals surface area (Å²) in [5.41, 5.74) is -0.955.